The number of ether oxygens (including phenoxy) is 1. The fourth-order valence-corrected chi connectivity index (χ4v) is 6.52. The van der Waals surface area contributed by atoms with Crippen LogP contribution >= 0.6 is 23.2 Å². The summed E-state index contributed by atoms with van der Waals surface area (Å²) in [5.74, 6) is 0.640. The molecular formula is C35H35Cl2N5O2. The van der Waals surface area contributed by atoms with Crippen LogP contribution in [0.5, 0.6) is 5.88 Å². The van der Waals surface area contributed by atoms with E-state index in [1.807, 2.05) is 48.5 Å². The van der Waals surface area contributed by atoms with Crippen LogP contribution in [0, 0.1) is 0 Å². The van der Waals surface area contributed by atoms with Gasteiger partial charge in [0, 0.05) is 77.0 Å². The van der Waals surface area contributed by atoms with Crippen LogP contribution in [-0.4, -0.2) is 54.6 Å². The Labute approximate surface area is 267 Å². The Bertz CT molecular complexity index is 1830. The van der Waals surface area contributed by atoms with E-state index in [1.54, 1.807) is 7.11 Å². The number of pyridine rings is 1. The summed E-state index contributed by atoms with van der Waals surface area (Å²) in [5, 5.41) is 8.77. The second kappa shape index (κ2) is 13.0. The fraction of sp³-hybridized carbons (Fsp3) is 0.257. The smallest absolute Gasteiger partial charge is 0.220 e. The monoisotopic (exact) mass is 627 g/mol. The quantitative estimate of drug-likeness (QED) is 0.151. The number of hydrogen-bond donors (Lipinski definition) is 3. The minimum absolute atomic E-state index is 0.111. The minimum Gasteiger partial charge on any atom is -0.481 e. The lowest BCUT2D eigenvalue weighted by molar-refractivity contribution is -0.119. The first-order chi connectivity index (χ1) is 21.3. The molecule has 0 bridgehead atoms. The lowest BCUT2D eigenvalue weighted by Crippen LogP contribution is -2.35. The van der Waals surface area contributed by atoms with Gasteiger partial charge in [-0.15, -0.1) is 0 Å². The molecule has 2 aromatic heterocycles. The Hall–Kier alpha value is -3.88. The molecule has 226 valence electrons. The average Bonchev–Trinajstić information content (AvgIpc) is 3.62. The first-order valence-corrected chi connectivity index (χ1v) is 15.4. The summed E-state index contributed by atoms with van der Waals surface area (Å²) in [5.41, 5.74) is 8.43. The molecule has 6 rings (SSSR count). The van der Waals surface area contributed by atoms with Crippen molar-refractivity contribution in [2.24, 2.45) is 0 Å². The van der Waals surface area contributed by atoms with E-state index >= 15 is 0 Å². The Balaban J connectivity index is 1.29. The van der Waals surface area contributed by atoms with E-state index in [2.05, 4.69) is 59.0 Å². The highest BCUT2D eigenvalue weighted by Crippen LogP contribution is 2.43. The number of benzene rings is 3. The number of carbonyl (C=O) groups excluding carboxylic acids is 1. The summed E-state index contributed by atoms with van der Waals surface area (Å²) in [4.78, 5) is 21.8. The first kappa shape index (κ1) is 30.2. The number of carbonyl (C=O) groups is 1. The molecule has 0 unspecified atom stereocenters. The number of aromatic nitrogens is 2. The number of H-pyrrole nitrogens is 1. The highest BCUT2D eigenvalue weighted by molar-refractivity contribution is 6.39. The van der Waals surface area contributed by atoms with Crippen LogP contribution in [0.1, 0.15) is 24.0 Å². The van der Waals surface area contributed by atoms with Gasteiger partial charge >= 0.3 is 0 Å². The van der Waals surface area contributed by atoms with Gasteiger partial charge in [-0.2, -0.15) is 0 Å². The highest BCUT2D eigenvalue weighted by Gasteiger charge is 2.21. The predicted molar refractivity (Wildman–Crippen MR) is 179 cm³/mol. The van der Waals surface area contributed by atoms with Gasteiger partial charge in [0.25, 0.3) is 0 Å². The van der Waals surface area contributed by atoms with Crippen molar-refractivity contribution in [1.82, 2.24) is 25.5 Å². The largest absolute Gasteiger partial charge is 0.481 e. The van der Waals surface area contributed by atoms with Crippen molar-refractivity contribution >= 4 is 40.0 Å². The molecule has 9 heteroatoms. The van der Waals surface area contributed by atoms with Crippen molar-refractivity contribution in [2.45, 2.75) is 32.0 Å². The first-order valence-electron chi connectivity index (χ1n) is 14.7. The number of nitrogens with zero attached hydrogens (tertiary/aromatic N) is 2. The van der Waals surface area contributed by atoms with Crippen LogP contribution in [0.25, 0.3) is 44.4 Å². The summed E-state index contributed by atoms with van der Waals surface area (Å²) < 4.78 is 5.65. The number of rotatable bonds is 10. The van der Waals surface area contributed by atoms with Crippen LogP contribution in [0.2, 0.25) is 10.0 Å². The lowest BCUT2D eigenvalue weighted by Gasteiger charge is -2.16. The number of hydrogen-bond acceptors (Lipinski definition) is 5. The third-order valence-corrected chi connectivity index (χ3v) is 8.87. The summed E-state index contributed by atoms with van der Waals surface area (Å²) in [7, 11) is 5.75. The van der Waals surface area contributed by atoms with Gasteiger partial charge in [0.15, 0.2) is 0 Å². The molecule has 1 aliphatic rings. The molecule has 3 N–H and O–H groups in total. The van der Waals surface area contributed by atoms with Crippen molar-refractivity contribution in [3.05, 3.63) is 94.1 Å². The van der Waals surface area contributed by atoms with Crippen molar-refractivity contribution in [1.29, 1.82) is 0 Å². The molecule has 1 amide bonds. The van der Waals surface area contributed by atoms with E-state index in [0.717, 1.165) is 51.9 Å². The third-order valence-electron chi connectivity index (χ3n) is 8.05. The lowest BCUT2D eigenvalue weighted by atomic mass is 9.96. The second-order valence-electron chi connectivity index (χ2n) is 11.4. The number of halogens is 2. The standard InChI is InChI=1S/C35H35Cl2N5O2/c1-42(2)20-23-18-39-30-13-10-21(16-29(23)30)25-6-4-7-26(33(25)36)27-8-5-9-28(34(27)37)31-14-11-22(35(41-31)44-3)17-38-19-24-12-15-32(43)40-24/h4-11,13-14,16,18,24,38-39H,12,15,17,19-20H2,1-3H3,(H,40,43)/t24-/m0/s1. The summed E-state index contributed by atoms with van der Waals surface area (Å²) in [6, 6.07) is 22.5. The normalized spacial score (nSPS) is 14.9. The number of fused-ring (bicyclic) bond motifs is 1. The Morgan fingerprint density at radius 3 is 2.39 bits per heavy atom. The maximum atomic E-state index is 11.5. The van der Waals surface area contributed by atoms with E-state index in [1.165, 1.54) is 10.9 Å². The van der Waals surface area contributed by atoms with Gasteiger partial charge in [0.05, 0.1) is 22.8 Å². The summed E-state index contributed by atoms with van der Waals surface area (Å²) in [6.45, 7) is 2.11. The molecule has 3 heterocycles. The minimum atomic E-state index is 0.111. The zero-order chi connectivity index (χ0) is 30.8. The Morgan fingerprint density at radius 1 is 0.955 bits per heavy atom. The van der Waals surface area contributed by atoms with Crippen LogP contribution in [0.15, 0.2) is 72.9 Å². The van der Waals surface area contributed by atoms with E-state index < -0.39 is 0 Å². The van der Waals surface area contributed by atoms with Gasteiger partial charge < -0.3 is 25.3 Å². The molecule has 44 heavy (non-hydrogen) atoms. The molecule has 1 fully saturated rings. The van der Waals surface area contributed by atoms with E-state index in [0.29, 0.717) is 41.1 Å². The van der Waals surface area contributed by atoms with Gasteiger partial charge in [0.1, 0.15) is 0 Å². The third kappa shape index (κ3) is 6.19. The van der Waals surface area contributed by atoms with E-state index in [-0.39, 0.29) is 11.9 Å². The molecule has 0 saturated carbocycles. The number of methoxy groups -OCH3 is 1. The molecule has 1 saturated heterocycles. The number of aromatic amines is 1. The van der Waals surface area contributed by atoms with Gasteiger partial charge in [-0.05, 0) is 49.8 Å². The van der Waals surface area contributed by atoms with Gasteiger partial charge in [-0.1, -0.05) is 71.7 Å². The molecule has 7 nitrogen and oxygen atoms in total. The zero-order valence-corrected chi connectivity index (χ0v) is 26.5. The SMILES string of the molecule is COc1nc(-c2cccc(-c3cccc(-c4ccc5[nH]cc(CN(C)C)c5c4)c3Cl)c2Cl)ccc1CNC[C@@H]1CCC(=O)N1. The number of amides is 1. The molecular weight excluding hydrogens is 593 g/mol. The maximum absolute atomic E-state index is 11.5. The van der Waals surface area contributed by atoms with Gasteiger partial charge in [0.2, 0.25) is 11.8 Å². The van der Waals surface area contributed by atoms with Crippen molar-refractivity contribution in [3.8, 4) is 39.4 Å². The summed E-state index contributed by atoms with van der Waals surface area (Å²) in [6.07, 6.45) is 3.51. The van der Waals surface area contributed by atoms with Crippen molar-refractivity contribution in [3.63, 3.8) is 0 Å². The van der Waals surface area contributed by atoms with Gasteiger partial charge in [-0.3, -0.25) is 4.79 Å². The summed E-state index contributed by atoms with van der Waals surface area (Å²) >= 11 is 14.2. The van der Waals surface area contributed by atoms with Crippen molar-refractivity contribution < 1.29 is 9.53 Å². The molecule has 0 spiro atoms. The Kier molecular flexibility index (Phi) is 8.91. The van der Waals surface area contributed by atoms with Gasteiger partial charge in [-0.25, -0.2) is 4.98 Å². The molecule has 5 aromatic rings. The van der Waals surface area contributed by atoms with Crippen LogP contribution < -0.4 is 15.4 Å². The van der Waals surface area contributed by atoms with E-state index in [9.17, 15) is 4.79 Å². The van der Waals surface area contributed by atoms with Crippen LogP contribution in [0.4, 0.5) is 0 Å². The topological polar surface area (TPSA) is 82.3 Å². The highest BCUT2D eigenvalue weighted by atomic mass is 35.5. The predicted octanol–water partition coefficient (Wildman–Crippen LogP) is 7.31. The maximum Gasteiger partial charge on any atom is 0.220 e. The van der Waals surface area contributed by atoms with Crippen LogP contribution in [0.3, 0.4) is 0 Å². The number of nitrogens with one attached hydrogen (secondary N) is 3. The van der Waals surface area contributed by atoms with Crippen LogP contribution in [-0.2, 0) is 17.9 Å². The molecule has 1 atom stereocenters. The Morgan fingerprint density at radius 2 is 1.68 bits per heavy atom. The molecule has 0 aliphatic carbocycles. The average molecular weight is 629 g/mol. The fourth-order valence-electron chi connectivity index (χ4n) is 5.86. The zero-order valence-electron chi connectivity index (χ0n) is 25.0. The van der Waals surface area contributed by atoms with E-state index in [4.69, 9.17) is 32.9 Å². The molecule has 3 aromatic carbocycles. The second-order valence-corrected chi connectivity index (χ2v) is 12.2. The molecule has 1 aliphatic heterocycles. The van der Waals surface area contributed by atoms with Crippen molar-refractivity contribution in [2.75, 3.05) is 27.7 Å². The molecule has 0 radical (unpaired) electrons.